The number of hydrogen-bond donors (Lipinski definition) is 1. The first-order valence-corrected chi connectivity index (χ1v) is 9.45. The van der Waals surface area contributed by atoms with Gasteiger partial charge in [-0.25, -0.2) is 8.42 Å². The normalized spacial score (nSPS) is 18.4. The molecule has 0 radical (unpaired) electrons. The first-order valence-electron chi connectivity index (χ1n) is 7.73. The predicted molar refractivity (Wildman–Crippen MR) is 85.2 cm³/mol. The van der Waals surface area contributed by atoms with E-state index in [0.29, 0.717) is 12.4 Å². The summed E-state index contributed by atoms with van der Waals surface area (Å²) in [6.45, 7) is 2.44. The number of hydrogen-bond acceptors (Lipinski definition) is 4. The van der Waals surface area contributed by atoms with Crippen molar-refractivity contribution in [1.82, 2.24) is 0 Å². The molecule has 0 heterocycles. The summed E-state index contributed by atoms with van der Waals surface area (Å²) in [6, 6.07) is 6.90. The Morgan fingerprint density at radius 3 is 2.57 bits per heavy atom. The van der Waals surface area contributed by atoms with Crippen LogP contribution < -0.4 is 10.5 Å². The van der Waals surface area contributed by atoms with Crippen LogP contribution in [0.15, 0.2) is 24.3 Å². The summed E-state index contributed by atoms with van der Waals surface area (Å²) in [5.41, 5.74) is 6.94. The Morgan fingerprint density at radius 2 is 1.90 bits per heavy atom. The number of benzene rings is 1. The second kappa shape index (κ2) is 7.27. The van der Waals surface area contributed by atoms with Crippen LogP contribution in [0.2, 0.25) is 0 Å². The lowest BCUT2D eigenvalue weighted by Gasteiger charge is -2.24. The monoisotopic (exact) mass is 311 g/mol. The van der Waals surface area contributed by atoms with Gasteiger partial charge in [-0.05, 0) is 25.8 Å². The molecular weight excluding hydrogens is 286 g/mol. The summed E-state index contributed by atoms with van der Waals surface area (Å²) in [5.74, 6) is 0.688. The van der Waals surface area contributed by atoms with Crippen LogP contribution in [0.25, 0.3) is 0 Å². The zero-order chi connectivity index (χ0) is 15.3. The summed E-state index contributed by atoms with van der Waals surface area (Å²) >= 11 is 0. The van der Waals surface area contributed by atoms with Gasteiger partial charge >= 0.3 is 0 Å². The van der Waals surface area contributed by atoms with Crippen molar-refractivity contribution in [2.75, 3.05) is 12.4 Å². The SMILES string of the molecule is CCOc1ccccc1C(N)CS(=O)(=O)C1CCCCC1. The molecule has 2 rings (SSSR count). The Bertz CT molecular complexity index is 550. The summed E-state index contributed by atoms with van der Waals surface area (Å²) in [6.07, 6.45) is 4.72. The predicted octanol–water partition coefficient (Wildman–Crippen LogP) is 2.83. The van der Waals surface area contributed by atoms with Gasteiger partial charge in [-0.2, -0.15) is 0 Å². The molecule has 1 aliphatic rings. The van der Waals surface area contributed by atoms with E-state index in [2.05, 4.69) is 0 Å². The van der Waals surface area contributed by atoms with E-state index in [-0.39, 0.29) is 11.0 Å². The summed E-state index contributed by atoms with van der Waals surface area (Å²) in [7, 11) is -3.14. The molecule has 1 unspecified atom stereocenters. The van der Waals surface area contributed by atoms with Crippen molar-refractivity contribution in [3.8, 4) is 5.75 Å². The van der Waals surface area contributed by atoms with Gasteiger partial charge in [0.1, 0.15) is 5.75 Å². The fraction of sp³-hybridized carbons (Fsp3) is 0.625. The molecule has 0 spiro atoms. The maximum absolute atomic E-state index is 12.5. The van der Waals surface area contributed by atoms with Gasteiger partial charge in [0, 0.05) is 11.6 Å². The minimum Gasteiger partial charge on any atom is -0.494 e. The number of rotatable bonds is 6. The number of para-hydroxylation sites is 1. The molecule has 1 aromatic carbocycles. The van der Waals surface area contributed by atoms with Gasteiger partial charge in [-0.1, -0.05) is 37.5 Å². The lowest BCUT2D eigenvalue weighted by Crippen LogP contribution is -2.31. The van der Waals surface area contributed by atoms with Crippen LogP contribution in [0.4, 0.5) is 0 Å². The maximum atomic E-state index is 12.5. The number of ether oxygens (including phenoxy) is 1. The van der Waals surface area contributed by atoms with Gasteiger partial charge in [0.2, 0.25) is 0 Å². The van der Waals surface area contributed by atoms with Crippen LogP contribution in [0.3, 0.4) is 0 Å². The van der Waals surface area contributed by atoms with Gasteiger partial charge in [0.05, 0.1) is 17.6 Å². The molecular formula is C16H25NO3S. The van der Waals surface area contributed by atoms with Crippen molar-refractivity contribution in [2.24, 2.45) is 5.73 Å². The first kappa shape index (κ1) is 16.3. The molecule has 0 aliphatic heterocycles. The molecule has 1 atom stereocenters. The molecule has 4 nitrogen and oxygen atoms in total. The standard InChI is InChI=1S/C16H25NO3S/c1-2-20-16-11-7-6-10-14(16)15(17)12-21(18,19)13-8-4-3-5-9-13/h6-7,10-11,13,15H,2-5,8-9,12,17H2,1H3. The van der Waals surface area contributed by atoms with Gasteiger partial charge in [0.25, 0.3) is 0 Å². The lowest BCUT2D eigenvalue weighted by molar-refractivity contribution is 0.335. The van der Waals surface area contributed by atoms with Crippen molar-refractivity contribution in [3.05, 3.63) is 29.8 Å². The van der Waals surface area contributed by atoms with Gasteiger partial charge in [0.15, 0.2) is 9.84 Å². The minimum atomic E-state index is -3.14. The molecule has 0 bridgehead atoms. The molecule has 0 aromatic heterocycles. The molecule has 1 fully saturated rings. The molecule has 118 valence electrons. The molecule has 5 heteroatoms. The van der Waals surface area contributed by atoms with Crippen LogP contribution in [0.1, 0.15) is 50.6 Å². The highest BCUT2D eigenvalue weighted by molar-refractivity contribution is 7.92. The Kier molecular flexibility index (Phi) is 5.65. The van der Waals surface area contributed by atoms with E-state index in [9.17, 15) is 8.42 Å². The smallest absolute Gasteiger partial charge is 0.155 e. The molecule has 1 saturated carbocycles. The van der Waals surface area contributed by atoms with E-state index in [1.54, 1.807) is 0 Å². The molecule has 21 heavy (non-hydrogen) atoms. The van der Waals surface area contributed by atoms with Crippen LogP contribution in [-0.4, -0.2) is 26.0 Å². The fourth-order valence-corrected chi connectivity index (χ4v) is 4.98. The van der Waals surface area contributed by atoms with E-state index >= 15 is 0 Å². The van der Waals surface area contributed by atoms with E-state index in [1.165, 1.54) is 0 Å². The quantitative estimate of drug-likeness (QED) is 0.877. The van der Waals surface area contributed by atoms with E-state index in [1.807, 2.05) is 31.2 Å². The highest BCUT2D eigenvalue weighted by atomic mass is 32.2. The van der Waals surface area contributed by atoms with Gasteiger partial charge in [-0.3, -0.25) is 0 Å². The molecule has 1 aromatic rings. The second-order valence-electron chi connectivity index (χ2n) is 5.67. The average Bonchev–Trinajstić information content (AvgIpc) is 2.48. The highest BCUT2D eigenvalue weighted by Crippen LogP contribution is 2.29. The van der Waals surface area contributed by atoms with E-state index in [4.69, 9.17) is 10.5 Å². The van der Waals surface area contributed by atoms with Crippen LogP contribution >= 0.6 is 0 Å². The zero-order valence-corrected chi connectivity index (χ0v) is 13.4. The van der Waals surface area contributed by atoms with Gasteiger partial charge in [-0.15, -0.1) is 0 Å². The Labute approximate surface area is 127 Å². The van der Waals surface area contributed by atoms with Crippen molar-refractivity contribution >= 4 is 9.84 Å². The fourth-order valence-electron chi connectivity index (χ4n) is 2.97. The highest BCUT2D eigenvalue weighted by Gasteiger charge is 2.30. The Morgan fingerprint density at radius 1 is 1.24 bits per heavy atom. The van der Waals surface area contributed by atoms with Crippen LogP contribution in [-0.2, 0) is 9.84 Å². The largest absolute Gasteiger partial charge is 0.494 e. The maximum Gasteiger partial charge on any atom is 0.155 e. The molecule has 1 aliphatic carbocycles. The summed E-state index contributed by atoms with van der Waals surface area (Å²) in [4.78, 5) is 0. The van der Waals surface area contributed by atoms with Crippen molar-refractivity contribution in [2.45, 2.75) is 50.3 Å². The number of sulfone groups is 1. The third kappa shape index (κ3) is 4.20. The third-order valence-electron chi connectivity index (χ3n) is 4.09. The first-order chi connectivity index (χ1) is 10.0. The Hall–Kier alpha value is -1.07. The summed E-state index contributed by atoms with van der Waals surface area (Å²) in [5, 5.41) is -0.212. The van der Waals surface area contributed by atoms with Crippen molar-refractivity contribution < 1.29 is 13.2 Å². The third-order valence-corrected chi connectivity index (χ3v) is 6.40. The summed E-state index contributed by atoms with van der Waals surface area (Å²) < 4.78 is 30.6. The van der Waals surface area contributed by atoms with E-state index < -0.39 is 15.9 Å². The topological polar surface area (TPSA) is 69.4 Å². The van der Waals surface area contributed by atoms with Crippen molar-refractivity contribution in [3.63, 3.8) is 0 Å². The van der Waals surface area contributed by atoms with Crippen molar-refractivity contribution in [1.29, 1.82) is 0 Å². The second-order valence-corrected chi connectivity index (χ2v) is 7.99. The lowest BCUT2D eigenvalue weighted by atomic mass is 10.0. The molecule has 2 N–H and O–H groups in total. The van der Waals surface area contributed by atoms with Gasteiger partial charge < -0.3 is 10.5 Å². The Balaban J connectivity index is 2.11. The molecule has 0 amide bonds. The average molecular weight is 311 g/mol. The number of nitrogens with two attached hydrogens (primary N) is 1. The van der Waals surface area contributed by atoms with Crippen LogP contribution in [0, 0.1) is 0 Å². The zero-order valence-electron chi connectivity index (χ0n) is 12.6. The van der Waals surface area contributed by atoms with Crippen LogP contribution in [0.5, 0.6) is 5.75 Å². The minimum absolute atomic E-state index is 0.00174. The molecule has 0 saturated heterocycles. The van der Waals surface area contributed by atoms with E-state index in [0.717, 1.165) is 37.7 Å².